The van der Waals surface area contributed by atoms with E-state index in [4.69, 9.17) is 0 Å². The highest BCUT2D eigenvalue weighted by molar-refractivity contribution is 7.99. The zero-order valence-corrected chi connectivity index (χ0v) is 13.2. The van der Waals surface area contributed by atoms with E-state index in [0.29, 0.717) is 24.0 Å². The number of likely N-dealkylation sites (N-methyl/N-ethyl adjacent to an activating group) is 1. The molecule has 0 aliphatic heterocycles. The molecule has 0 saturated heterocycles. The standard InChI is InChI=1S/C13H22N4O3S/c1-3-7-17-11(20)15-16-12(17)21-8-13(10(18)19,14-4-2)9-5-6-9/h9,14H,3-8H2,1-2H3,(H,15,20)(H,18,19). The van der Waals surface area contributed by atoms with Crippen molar-refractivity contribution in [2.24, 2.45) is 5.92 Å². The molecule has 0 amide bonds. The molecule has 3 N–H and O–H groups in total. The minimum atomic E-state index is -0.925. The molecule has 1 aliphatic carbocycles. The summed E-state index contributed by atoms with van der Waals surface area (Å²) < 4.78 is 1.57. The molecular formula is C13H22N4O3S. The molecule has 1 unspecified atom stereocenters. The quantitative estimate of drug-likeness (QED) is 0.586. The van der Waals surface area contributed by atoms with E-state index < -0.39 is 11.5 Å². The number of carbonyl (C=O) groups is 1. The molecular weight excluding hydrogens is 292 g/mol. The van der Waals surface area contributed by atoms with Crippen LogP contribution >= 0.6 is 11.8 Å². The van der Waals surface area contributed by atoms with Crippen LogP contribution in [0, 0.1) is 5.92 Å². The highest BCUT2D eigenvalue weighted by Crippen LogP contribution is 2.42. The molecule has 118 valence electrons. The van der Waals surface area contributed by atoms with Gasteiger partial charge in [-0.05, 0) is 31.7 Å². The number of nitrogens with zero attached hydrogens (tertiary/aromatic N) is 2. The van der Waals surface area contributed by atoms with Gasteiger partial charge in [-0.15, -0.1) is 5.10 Å². The van der Waals surface area contributed by atoms with Crippen LogP contribution in [0.2, 0.25) is 0 Å². The largest absolute Gasteiger partial charge is 0.480 e. The van der Waals surface area contributed by atoms with Gasteiger partial charge < -0.3 is 10.4 Å². The van der Waals surface area contributed by atoms with Crippen molar-refractivity contribution in [1.82, 2.24) is 20.1 Å². The van der Waals surface area contributed by atoms with Crippen molar-refractivity contribution in [2.75, 3.05) is 12.3 Å². The summed E-state index contributed by atoms with van der Waals surface area (Å²) in [5.41, 5.74) is -1.17. The summed E-state index contributed by atoms with van der Waals surface area (Å²) in [6.07, 6.45) is 2.69. The molecule has 1 fully saturated rings. The third-order valence-electron chi connectivity index (χ3n) is 3.75. The Morgan fingerprint density at radius 2 is 2.29 bits per heavy atom. The van der Waals surface area contributed by atoms with Gasteiger partial charge in [-0.25, -0.2) is 9.89 Å². The first-order valence-electron chi connectivity index (χ1n) is 7.31. The Labute approximate surface area is 127 Å². The second kappa shape index (κ2) is 6.65. The number of hydrogen-bond donors (Lipinski definition) is 3. The number of aliphatic carboxylic acids is 1. The summed E-state index contributed by atoms with van der Waals surface area (Å²) in [5.74, 6) is -0.290. The highest BCUT2D eigenvalue weighted by atomic mass is 32.2. The Bertz CT molecular complexity index is 552. The van der Waals surface area contributed by atoms with Crippen molar-refractivity contribution >= 4 is 17.7 Å². The lowest BCUT2D eigenvalue weighted by Crippen LogP contribution is -2.56. The Kier molecular flexibility index (Phi) is 5.10. The van der Waals surface area contributed by atoms with Gasteiger partial charge in [0, 0.05) is 12.3 Å². The van der Waals surface area contributed by atoms with Crippen molar-refractivity contribution in [1.29, 1.82) is 0 Å². The van der Waals surface area contributed by atoms with Gasteiger partial charge in [0.15, 0.2) is 5.16 Å². The van der Waals surface area contributed by atoms with Crippen LogP contribution in [-0.4, -0.2) is 43.7 Å². The van der Waals surface area contributed by atoms with Gasteiger partial charge in [-0.3, -0.25) is 9.36 Å². The lowest BCUT2D eigenvalue weighted by atomic mass is 9.96. The van der Waals surface area contributed by atoms with Crippen LogP contribution in [0.3, 0.4) is 0 Å². The number of thioether (sulfide) groups is 1. The predicted octanol–water partition coefficient (Wildman–Crippen LogP) is 0.916. The topological polar surface area (TPSA) is 100 Å². The monoisotopic (exact) mass is 314 g/mol. The third-order valence-corrected chi connectivity index (χ3v) is 4.92. The van der Waals surface area contributed by atoms with Crippen LogP contribution in [0.15, 0.2) is 9.95 Å². The Morgan fingerprint density at radius 3 is 2.81 bits per heavy atom. The van der Waals surface area contributed by atoms with Crippen LogP contribution < -0.4 is 11.0 Å². The third kappa shape index (κ3) is 3.32. The van der Waals surface area contributed by atoms with Crippen molar-refractivity contribution in [2.45, 2.75) is 50.4 Å². The summed E-state index contributed by atoms with van der Waals surface area (Å²) in [5, 5.41) is 19.8. The van der Waals surface area contributed by atoms with Crippen molar-refractivity contribution < 1.29 is 9.90 Å². The van der Waals surface area contributed by atoms with E-state index >= 15 is 0 Å². The lowest BCUT2D eigenvalue weighted by Gasteiger charge is -2.29. The average Bonchev–Trinajstić information content (AvgIpc) is 3.23. The van der Waals surface area contributed by atoms with Crippen LogP contribution in [0.5, 0.6) is 0 Å². The molecule has 1 saturated carbocycles. The molecule has 1 atom stereocenters. The summed E-state index contributed by atoms with van der Waals surface area (Å²) in [7, 11) is 0. The lowest BCUT2D eigenvalue weighted by molar-refractivity contribution is -0.144. The predicted molar refractivity (Wildman–Crippen MR) is 80.6 cm³/mol. The molecule has 0 spiro atoms. The Hall–Kier alpha value is -1.28. The minimum Gasteiger partial charge on any atom is -0.480 e. The molecule has 0 bridgehead atoms. The smallest absolute Gasteiger partial charge is 0.343 e. The number of nitrogens with one attached hydrogen (secondary N) is 2. The van der Waals surface area contributed by atoms with E-state index in [0.717, 1.165) is 19.3 Å². The van der Waals surface area contributed by atoms with E-state index in [9.17, 15) is 14.7 Å². The summed E-state index contributed by atoms with van der Waals surface area (Å²) in [6.45, 7) is 5.08. The molecule has 1 aromatic rings. The van der Waals surface area contributed by atoms with E-state index in [2.05, 4.69) is 15.5 Å². The summed E-state index contributed by atoms with van der Waals surface area (Å²) >= 11 is 1.33. The SMILES string of the molecule is CCCn1c(SCC(NCC)(C(=O)O)C2CC2)n[nH]c1=O. The fraction of sp³-hybridized carbons (Fsp3) is 0.769. The molecule has 1 aromatic heterocycles. The zero-order valence-electron chi connectivity index (χ0n) is 12.4. The summed E-state index contributed by atoms with van der Waals surface area (Å²) in [4.78, 5) is 23.4. The second-order valence-corrected chi connectivity index (χ2v) is 6.28. The maximum absolute atomic E-state index is 11.8. The molecule has 0 aromatic carbocycles. The molecule has 21 heavy (non-hydrogen) atoms. The van der Waals surface area contributed by atoms with E-state index in [1.54, 1.807) is 4.57 Å². The van der Waals surface area contributed by atoms with Gasteiger partial charge in [0.05, 0.1) is 0 Å². The van der Waals surface area contributed by atoms with Gasteiger partial charge in [-0.1, -0.05) is 25.6 Å². The molecule has 7 nitrogen and oxygen atoms in total. The van der Waals surface area contributed by atoms with Crippen LogP contribution in [0.1, 0.15) is 33.1 Å². The number of carboxylic acids is 1. The zero-order chi connectivity index (χ0) is 15.5. The molecule has 1 heterocycles. The first-order valence-corrected chi connectivity index (χ1v) is 8.30. The number of carboxylic acid groups (broad SMARTS) is 1. The van der Waals surface area contributed by atoms with E-state index in [1.807, 2.05) is 13.8 Å². The van der Waals surface area contributed by atoms with Gasteiger partial charge in [0.2, 0.25) is 0 Å². The molecule has 2 rings (SSSR count). The average molecular weight is 314 g/mol. The number of H-pyrrole nitrogens is 1. The normalized spacial score (nSPS) is 17.6. The number of aromatic nitrogens is 3. The fourth-order valence-electron chi connectivity index (χ4n) is 2.53. The number of aromatic amines is 1. The first kappa shape index (κ1) is 16.1. The Balaban J connectivity index is 2.15. The number of rotatable bonds is 9. The van der Waals surface area contributed by atoms with E-state index in [-0.39, 0.29) is 11.6 Å². The first-order chi connectivity index (χ1) is 10.0. The van der Waals surface area contributed by atoms with E-state index in [1.165, 1.54) is 11.8 Å². The minimum absolute atomic E-state index is 0.160. The second-order valence-electron chi connectivity index (χ2n) is 5.33. The maximum Gasteiger partial charge on any atom is 0.343 e. The molecule has 1 aliphatic rings. The molecule has 0 radical (unpaired) electrons. The van der Waals surface area contributed by atoms with Crippen LogP contribution in [0.25, 0.3) is 0 Å². The van der Waals surface area contributed by atoms with Crippen LogP contribution in [-0.2, 0) is 11.3 Å². The van der Waals surface area contributed by atoms with Crippen molar-refractivity contribution in [3.63, 3.8) is 0 Å². The van der Waals surface area contributed by atoms with Crippen LogP contribution in [0.4, 0.5) is 0 Å². The van der Waals surface area contributed by atoms with Gasteiger partial charge in [-0.2, -0.15) is 0 Å². The molecule has 8 heteroatoms. The fourth-order valence-corrected chi connectivity index (χ4v) is 3.79. The highest BCUT2D eigenvalue weighted by Gasteiger charge is 2.50. The van der Waals surface area contributed by atoms with Gasteiger partial charge in [0.1, 0.15) is 5.54 Å². The van der Waals surface area contributed by atoms with Gasteiger partial charge >= 0.3 is 11.7 Å². The number of hydrogen-bond acceptors (Lipinski definition) is 5. The summed E-state index contributed by atoms with van der Waals surface area (Å²) in [6, 6.07) is 0. The maximum atomic E-state index is 11.8. The Morgan fingerprint density at radius 1 is 1.57 bits per heavy atom. The van der Waals surface area contributed by atoms with Crippen molar-refractivity contribution in [3.05, 3.63) is 10.5 Å². The van der Waals surface area contributed by atoms with Gasteiger partial charge in [0.25, 0.3) is 0 Å². The van der Waals surface area contributed by atoms with Crippen molar-refractivity contribution in [3.8, 4) is 0 Å².